The van der Waals surface area contributed by atoms with Crippen LogP contribution >= 0.6 is 11.6 Å². The average Bonchev–Trinajstić information content (AvgIpc) is 3.03. The minimum absolute atomic E-state index is 0.102. The number of hydrogen-bond acceptors (Lipinski definition) is 3. The summed E-state index contributed by atoms with van der Waals surface area (Å²) in [6.07, 6.45) is 2.46. The van der Waals surface area contributed by atoms with Crippen LogP contribution in [0.4, 0.5) is 5.82 Å². The third-order valence-corrected chi connectivity index (χ3v) is 3.06. The van der Waals surface area contributed by atoms with E-state index in [2.05, 4.69) is 17.2 Å². The maximum Gasteiger partial charge on any atom is 0.356 e. The van der Waals surface area contributed by atoms with Gasteiger partial charge in [0.1, 0.15) is 5.82 Å². The van der Waals surface area contributed by atoms with E-state index in [0.29, 0.717) is 17.8 Å². The van der Waals surface area contributed by atoms with Crippen LogP contribution in [0.1, 0.15) is 30.3 Å². The number of pyridine rings is 1. The highest BCUT2D eigenvalue weighted by Gasteiger charge is 2.28. The molecule has 1 heterocycles. The van der Waals surface area contributed by atoms with Crippen molar-refractivity contribution in [2.75, 3.05) is 5.32 Å². The molecule has 0 amide bonds. The molecular weight excluding hydrogens is 228 g/mol. The van der Waals surface area contributed by atoms with Crippen molar-refractivity contribution in [3.8, 4) is 0 Å². The molecule has 0 saturated heterocycles. The van der Waals surface area contributed by atoms with Crippen molar-refractivity contribution in [2.24, 2.45) is 5.92 Å². The topological polar surface area (TPSA) is 62.2 Å². The van der Waals surface area contributed by atoms with Crippen LogP contribution in [0.3, 0.4) is 0 Å². The third-order valence-electron chi connectivity index (χ3n) is 2.75. The first-order chi connectivity index (χ1) is 7.58. The molecule has 1 aromatic heterocycles. The number of nitrogens with zero attached hydrogens (tertiary/aromatic N) is 1. The standard InChI is InChI=1S/C11H13ClN2O2/c1-6(7-2-3-7)13-9-5-4-8(12)10(14-9)11(15)16/h4-7H,2-3H2,1H3,(H,13,14)(H,15,16). The molecular formula is C11H13ClN2O2. The van der Waals surface area contributed by atoms with E-state index in [4.69, 9.17) is 16.7 Å². The van der Waals surface area contributed by atoms with Crippen LogP contribution in [0, 0.1) is 5.92 Å². The largest absolute Gasteiger partial charge is 0.476 e. The Morgan fingerprint density at radius 3 is 2.88 bits per heavy atom. The Kier molecular flexibility index (Phi) is 3.01. The van der Waals surface area contributed by atoms with Gasteiger partial charge in [0.05, 0.1) is 5.02 Å². The van der Waals surface area contributed by atoms with Crippen molar-refractivity contribution in [3.05, 3.63) is 22.8 Å². The van der Waals surface area contributed by atoms with E-state index in [-0.39, 0.29) is 10.7 Å². The lowest BCUT2D eigenvalue weighted by Gasteiger charge is -2.13. The smallest absolute Gasteiger partial charge is 0.356 e. The molecule has 16 heavy (non-hydrogen) atoms. The maximum absolute atomic E-state index is 10.8. The highest BCUT2D eigenvalue weighted by atomic mass is 35.5. The number of nitrogens with one attached hydrogen (secondary N) is 1. The predicted molar refractivity (Wildman–Crippen MR) is 62.0 cm³/mol. The Hall–Kier alpha value is -1.29. The summed E-state index contributed by atoms with van der Waals surface area (Å²) in [4.78, 5) is 14.8. The van der Waals surface area contributed by atoms with Crippen LogP contribution < -0.4 is 5.32 Å². The van der Waals surface area contributed by atoms with E-state index in [1.807, 2.05) is 0 Å². The summed E-state index contributed by atoms with van der Waals surface area (Å²) in [7, 11) is 0. The molecule has 1 aromatic rings. The van der Waals surface area contributed by atoms with Crippen LogP contribution in [-0.4, -0.2) is 22.1 Å². The Morgan fingerprint density at radius 1 is 1.62 bits per heavy atom. The Labute approximate surface area is 98.6 Å². The molecule has 2 rings (SSSR count). The quantitative estimate of drug-likeness (QED) is 0.849. The number of hydrogen-bond donors (Lipinski definition) is 2. The van der Waals surface area contributed by atoms with Crippen molar-refractivity contribution >= 4 is 23.4 Å². The minimum atomic E-state index is -1.10. The van der Waals surface area contributed by atoms with Crippen molar-refractivity contribution in [1.29, 1.82) is 0 Å². The van der Waals surface area contributed by atoms with Gasteiger partial charge in [0.25, 0.3) is 0 Å². The van der Waals surface area contributed by atoms with Crippen molar-refractivity contribution in [1.82, 2.24) is 4.98 Å². The third kappa shape index (κ3) is 2.44. The van der Waals surface area contributed by atoms with Gasteiger partial charge in [0, 0.05) is 6.04 Å². The molecule has 1 fully saturated rings. The molecule has 86 valence electrons. The zero-order valence-corrected chi connectivity index (χ0v) is 9.66. The van der Waals surface area contributed by atoms with E-state index >= 15 is 0 Å². The fraction of sp³-hybridized carbons (Fsp3) is 0.455. The van der Waals surface area contributed by atoms with Crippen LogP contribution in [-0.2, 0) is 0 Å². The lowest BCUT2D eigenvalue weighted by atomic mass is 10.2. The molecule has 1 aliphatic rings. The molecule has 1 saturated carbocycles. The first-order valence-electron chi connectivity index (χ1n) is 5.24. The predicted octanol–water partition coefficient (Wildman–Crippen LogP) is 2.64. The Bertz CT molecular complexity index is 418. The van der Waals surface area contributed by atoms with E-state index in [9.17, 15) is 4.79 Å². The number of anilines is 1. The summed E-state index contributed by atoms with van der Waals surface area (Å²) in [6.45, 7) is 2.08. The molecule has 0 aliphatic heterocycles. The van der Waals surface area contributed by atoms with Gasteiger partial charge in [0.15, 0.2) is 5.69 Å². The van der Waals surface area contributed by atoms with Crippen molar-refractivity contribution < 1.29 is 9.90 Å². The van der Waals surface area contributed by atoms with Gasteiger partial charge >= 0.3 is 5.97 Å². The summed E-state index contributed by atoms with van der Waals surface area (Å²) in [5.41, 5.74) is -0.102. The lowest BCUT2D eigenvalue weighted by molar-refractivity contribution is 0.0691. The van der Waals surface area contributed by atoms with Crippen molar-refractivity contribution in [3.63, 3.8) is 0 Å². The summed E-state index contributed by atoms with van der Waals surface area (Å²) < 4.78 is 0. The second-order valence-electron chi connectivity index (χ2n) is 4.10. The van der Waals surface area contributed by atoms with E-state index < -0.39 is 5.97 Å². The number of halogens is 1. The molecule has 2 N–H and O–H groups in total. The number of carbonyl (C=O) groups is 1. The molecule has 0 aromatic carbocycles. The monoisotopic (exact) mass is 240 g/mol. The number of carboxylic acid groups (broad SMARTS) is 1. The van der Waals surface area contributed by atoms with Gasteiger partial charge in [-0.05, 0) is 37.8 Å². The van der Waals surface area contributed by atoms with Gasteiger partial charge in [0.2, 0.25) is 0 Å². The first kappa shape index (κ1) is 11.2. The fourth-order valence-electron chi connectivity index (χ4n) is 1.62. The zero-order chi connectivity index (χ0) is 11.7. The van der Waals surface area contributed by atoms with Crippen molar-refractivity contribution in [2.45, 2.75) is 25.8 Å². The van der Waals surface area contributed by atoms with E-state index in [0.717, 1.165) is 0 Å². The molecule has 5 heteroatoms. The summed E-state index contributed by atoms with van der Waals surface area (Å²) in [6, 6.07) is 3.59. The normalized spacial score (nSPS) is 16.9. The van der Waals surface area contributed by atoms with Crippen LogP contribution in [0.25, 0.3) is 0 Å². The number of rotatable bonds is 4. The molecule has 1 aliphatic carbocycles. The summed E-state index contributed by atoms with van der Waals surface area (Å²) >= 11 is 5.73. The lowest BCUT2D eigenvalue weighted by Crippen LogP contribution is -2.18. The number of carboxylic acids is 1. The molecule has 1 unspecified atom stereocenters. The number of aromatic nitrogens is 1. The molecule has 0 spiro atoms. The average molecular weight is 241 g/mol. The van der Waals surface area contributed by atoms with Gasteiger partial charge in [-0.25, -0.2) is 9.78 Å². The molecule has 0 bridgehead atoms. The zero-order valence-electron chi connectivity index (χ0n) is 8.90. The maximum atomic E-state index is 10.8. The Balaban J connectivity index is 2.15. The van der Waals surface area contributed by atoms with Gasteiger partial charge < -0.3 is 10.4 Å². The summed E-state index contributed by atoms with van der Waals surface area (Å²) in [5, 5.41) is 12.2. The van der Waals surface area contributed by atoms with Crippen LogP contribution in [0.2, 0.25) is 5.02 Å². The van der Waals surface area contributed by atoms with Gasteiger partial charge in [-0.1, -0.05) is 11.6 Å². The van der Waals surface area contributed by atoms with E-state index in [1.165, 1.54) is 12.8 Å². The highest BCUT2D eigenvalue weighted by molar-refractivity contribution is 6.33. The van der Waals surface area contributed by atoms with Crippen LogP contribution in [0.15, 0.2) is 12.1 Å². The van der Waals surface area contributed by atoms with E-state index in [1.54, 1.807) is 12.1 Å². The second kappa shape index (κ2) is 4.29. The summed E-state index contributed by atoms with van der Waals surface area (Å²) in [5.74, 6) is 0.152. The number of aromatic carboxylic acids is 1. The SMILES string of the molecule is CC(Nc1ccc(Cl)c(C(=O)O)n1)C1CC1. The minimum Gasteiger partial charge on any atom is -0.476 e. The van der Waals surface area contributed by atoms with Crippen LogP contribution in [0.5, 0.6) is 0 Å². The van der Waals surface area contributed by atoms with Gasteiger partial charge in [-0.2, -0.15) is 0 Å². The molecule has 4 nitrogen and oxygen atoms in total. The van der Waals surface area contributed by atoms with Gasteiger partial charge in [-0.3, -0.25) is 0 Å². The first-order valence-corrected chi connectivity index (χ1v) is 5.62. The van der Waals surface area contributed by atoms with Gasteiger partial charge in [-0.15, -0.1) is 0 Å². The molecule has 0 radical (unpaired) electrons. The highest BCUT2D eigenvalue weighted by Crippen LogP contribution is 2.33. The molecule has 1 atom stereocenters. The second-order valence-corrected chi connectivity index (χ2v) is 4.51. The fourth-order valence-corrected chi connectivity index (χ4v) is 1.81. The Morgan fingerprint density at radius 2 is 2.31 bits per heavy atom.